The van der Waals surface area contributed by atoms with E-state index in [1.807, 2.05) is 9.80 Å². The van der Waals surface area contributed by atoms with Crippen molar-refractivity contribution in [1.82, 2.24) is 24.5 Å². The molecule has 0 unspecified atom stereocenters. The molecule has 0 radical (unpaired) electrons. The van der Waals surface area contributed by atoms with Crippen LogP contribution in [0.15, 0.2) is 6.20 Å². The number of carbonyl (C=O) groups is 3. The smallest absolute Gasteiger partial charge is 0.343 e. The standard InChI is InChI=1S/C19H30N6O5/c1-3-30-19(28)15-12-20-22(2)18(15)21-16(26)13-23-4-6-24(7-5-23)14-17(27)25-8-10-29-11-9-25/h12H,3-11,13-14H2,1-2H3,(H,21,26). The van der Waals surface area contributed by atoms with Crippen molar-refractivity contribution in [1.29, 1.82) is 0 Å². The van der Waals surface area contributed by atoms with Crippen molar-refractivity contribution >= 4 is 23.6 Å². The molecular formula is C19H30N6O5. The van der Waals surface area contributed by atoms with Crippen LogP contribution in [0.2, 0.25) is 0 Å². The number of aromatic nitrogens is 2. The molecule has 11 nitrogen and oxygen atoms in total. The molecule has 166 valence electrons. The van der Waals surface area contributed by atoms with Gasteiger partial charge in [-0.05, 0) is 6.92 Å². The van der Waals surface area contributed by atoms with Gasteiger partial charge in [0.2, 0.25) is 11.8 Å². The van der Waals surface area contributed by atoms with E-state index in [1.54, 1.807) is 14.0 Å². The highest BCUT2D eigenvalue weighted by Crippen LogP contribution is 2.15. The molecule has 3 heterocycles. The summed E-state index contributed by atoms with van der Waals surface area (Å²) in [5.41, 5.74) is 0.235. The maximum Gasteiger partial charge on any atom is 0.343 e. The second-order valence-electron chi connectivity index (χ2n) is 7.34. The van der Waals surface area contributed by atoms with E-state index in [-0.39, 0.29) is 30.5 Å². The molecule has 11 heteroatoms. The summed E-state index contributed by atoms with van der Waals surface area (Å²) in [5.74, 6) is -0.276. The van der Waals surface area contributed by atoms with Crippen molar-refractivity contribution in [2.24, 2.45) is 7.05 Å². The van der Waals surface area contributed by atoms with Crippen LogP contribution in [-0.4, -0.2) is 114 Å². The van der Waals surface area contributed by atoms with Gasteiger partial charge >= 0.3 is 5.97 Å². The summed E-state index contributed by atoms with van der Waals surface area (Å²) >= 11 is 0. The van der Waals surface area contributed by atoms with Crippen LogP contribution >= 0.6 is 0 Å². The van der Waals surface area contributed by atoms with Crippen molar-refractivity contribution in [3.8, 4) is 0 Å². The molecule has 2 amide bonds. The van der Waals surface area contributed by atoms with Gasteiger partial charge in [0.05, 0.1) is 39.1 Å². The molecule has 0 spiro atoms. The van der Waals surface area contributed by atoms with Crippen LogP contribution in [0.1, 0.15) is 17.3 Å². The van der Waals surface area contributed by atoms with Crippen LogP contribution in [0.25, 0.3) is 0 Å². The van der Waals surface area contributed by atoms with E-state index in [2.05, 4.69) is 15.3 Å². The first kappa shape index (κ1) is 22.2. The summed E-state index contributed by atoms with van der Waals surface area (Å²) < 4.78 is 11.7. The van der Waals surface area contributed by atoms with Crippen LogP contribution < -0.4 is 5.32 Å². The van der Waals surface area contributed by atoms with Crippen LogP contribution in [-0.2, 0) is 26.1 Å². The van der Waals surface area contributed by atoms with Crippen LogP contribution in [0.3, 0.4) is 0 Å². The summed E-state index contributed by atoms with van der Waals surface area (Å²) in [7, 11) is 1.66. The van der Waals surface area contributed by atoms with Crippen LogP contribution in [0.4, 0.5) is 5.82 Å². The van der Waals surface area contributed by atoms with E-state index in [1.165, 1.54) is 10.9 Å². The number of ether oxygens (including phenoxy) is 2. The number of carbonyl (C=O) groups excluding carboxylic acids is 3. The largest absolute Gasteiger partial charge is 0.462 e. The van der Waals surface area contributed by atoms with Gasteiger partial charge in [-0.15, -0.1) is 0 Å². The third-order valence-corrected chi connectivity index (χ3v) is 5.25. The zero-order valence-electron chi connectivity index (χ0n) is 17.6. The number of nitrogens with one attached hydrogen (secondary N) is 1. The van der Waals surface area contributed by atoms with Gasteiger partial charge in [0.15, 0.2) is 0 Å². The van der Waals surface area contributed by atoms with E-state index < -0.39 is 5.97 Å². The molecule has 2 saturated heterocycles. The average Bonchev–Trinajstić information content (AvgIpc) is 3.10. The fraction of sp³-hybridized carbons (Fsp3) is 0.684. The summed E-state index contributed by atoms with van der Waals surface area (Å²) in [6.07, 6.45) is 1.39. The highest BCUT2D eigenvalue weighted by atomic mass is 16.5. The van der Waals surface area contributed by atoms with E-state index in [0.29, 0.717) is 51.8 Å². The van der Waals surface area contributed by atoms with Gasteiger partial charge in [-0.2, -0.15) is 5.10 Å². The lowest BCUT2D eigenvalue weighted by Gasteiger charge is -2.35. The van der Waals surface area contributed by atoms with Gasteiger partial charge in [-0.3, -0.25) is 24.1 Å². The summed E-state index contributed by atoms with van der Waals surface area (Å²) in [6, 6.07) is 0. The van der Waals surface area contributed by atoms with Crippen molar-refractivity contribution in [3.63, 3.8) is 0 Å². The number of hydrogen-bond acceptors (Lipinski definition) is 8. The Kier molecular flexibility index (Phi) is 7.77. The first-order valence-corrected chi connectivity index (χ1v) is 10.3. The first-order valence-electron chi connectivity index (χ1n) is 10.3. The number of aryl methyl sites for hydroxylation is 1. The number of amides is 2. The predicted octanol–water partition coefficient (Wildman–Crippen LogP) is -0.988. The summed E-state index contributed by atoms with van der Waals surface area (Å²) in [5, 5.41) is 6.80. The van der Waals surface area contributed by atoms with E-state index in [9.17, 15) is 14.4 Å². The SMILES string of the molecule is CCOC(=O)c1cnn(C)c1NC(=O)CN1CCN(CC(=O)N2CCOCC2)CC1. The van der Waals surface area contributed by atoms with Gasteiger partial charge in [0.1, 0.15) is 11.4 Å². The molecule has 2 aliphatic rings. The zero-order valence-corrected chi connectivity index (χ0v) is 17.6. The Morgan fingerprint density at radius 3 is 2.33 bits per heavy atom. The molecule has 1 aromatic rings. The molecule has 0 aromatic carbocycles. The van der Waals surface area contributed by atoms with Gasteiger partial charge < -0.3 is 19.7 Å². The maximum absolute atomic E-state index is 12.5. The van der Waals surface area contributed by atoms with Gasteiger partial charge in [-0.1, -0.05) is 0 Å². The molecule has 1 aromatic heterocycles. The Labute approximate surface area is 175 Å². The van der Waals surface area contributed by atoms with Crippen molar-refractivity contribution in [3.05, 3.63) is 11.8 Å². The molecule has 2 aliphatic heterocycles. The third-order valence-electron chi connectivity index (χ3n) is 5.25. The molecule has 0 bridgehead atoms. The quantitative estimate of drug-likeness (QED) is 0.558. The van der Waals surface area contributed by atoms with Crippen LogP contribution in [0, 0.1) is 0 Å². The number of anilines is 1. The number of rotatable bonds is 7. The monoisotopic (exact) mass is 422 g/mol. The van der Waals surface area contributed by atoms with E-state index in [4.69, 9.17) is 9.47 Å². The van der Waals surface area contributed by atoms with E-state index >= 15 is 0 Å². The molecule has 0 atom stereocenters. The lowest BCUT2D eigenvalue weighted by atomic mass is 10.3. The number of nitrogens with zero attached hydrogens (tertiary/aromatic N) is 5. The second-order valence-corrected chi connectivity index (χ2v) is 7.34. The second kappa shape index (κ2) is 10.5. The number of hydrogen-bond donors (Lipinski definition) is 1. The van der Waals surface area contributed by atoms with Crippen LogP contribution in [0.5, 0.6) is 0 Å². The molecular weight excluding hydrogens is 392 g/mol. The summed E-state index contributed by atoms with van der Waals surface area (Å²) in [6.45, 7) is 7.93. The normalized spacial score (nSPS) is 18.3. The molecule has 0 saturated carbocycles. The molecule has 30 heavy (non-hydrogen) atoms. The fourth-order valence-corrected chi connectivity index (χ4v) is 3.53. The van der Waals surface area contributed by atoms with Gasteiger partial charge in [-0.25, -0.2) is 4.79 Å². The zero-order chi connectivity index (χ0) is 21.5. The average molecular weight is 422 g/mol. The Morgan fingerprint density at radius 2 is 1.70 bits per heavy atom. The fourth-order valence-electron chi connectivity index (χ4n) is 3.53. The minimum Gasteiger partial charge on any atom is -0.462 e. The molecule has 1 N–H and O–H groups in total. The maximum atomic E-state index is 12.5. The number of piperazine rings is 1. The summed E-state index contributed by atoms with van der Waals surface area (Å²) in [4.78, 5) is 42.9. The Balaban J connectivity index is 1.44. The van der Waals surface area contributed by atoms with Crippen molar-refractivity contribution < 1.29 is 23.9 Å². The third kappa shape index (κ3) is 5.77. The Hall–Kier alpha value is -2.50. The Morgan fingerprint density at radius 1 is 1.07 bits per heavy atom. The molecule has 0 aliphatic carbocycles. The first-order chi connectivity index (χ1) is 14.5. The minimum atomic E-state index is -0.514. The minimum absolute atomic E-state index is 0.132. The van der Waals surface area contributed by atoms with E-state index in [0.717, 1.165) is 13.1 Å². The van der Waals surface area contributed by atoms with Crippen molar-refractivity contribution in [2.45, 2.75) is 6.92 Å². The highest BCUT2D eigenvalue weighted by Gasteiger charge is 2.25. The number of morpholine rings is 1. The molecule has 3 rings (SSSR count). The Bertz CT molecular complexity index is 753. The molecule has 2 fully saturated rings. The van der Waals surface area contributed by atoms with Gasteiger partial charge in [0, 0.05) is 46.3 Å². The number of esters is 1. The lowest BCUT2D eigenvalue weighted by Crippen LogP contribution is -2.52. The lowest BCUT2D eigenvalue weighted by molar-refractivity contribution is -0.137. The highest BCUT2D eigenvalue weighted by molar-refractivity contribution is 6.00. The van der Waals surface area contributed by atoms with Crippen molar-refractivity contribution in [2.75, 3.05) is 77.5 Å². The topological polar surface area (TPSA) is 109 Å². The van der Waals surface area contributed by atoms with Gasteiger partial charge in [0.25, 0.3) is 0 Å². The predicted molar refractivity (Wildman–Crippen MR) is 108 cm³/mol.